The molecule has 7 nitrogen and oxygen atoms in total. The Morgan fingerprint density at radius 1 is 1.19 bits per heavy atom. The molecule has 2 aromatic rings. The Bertz CT molecular complexity index is 989. The fraction of sp³-hybridized carbons (Fsp3) is 0.391. The molecule has 0 bridgehead atoms. The number of carbonyl (C=O) groups is 1. The van der Waals surface area contributed by atoms with Crippen molar-refractivity contribution in [3.05, 3.63) is 63.2 Å². The normalized spacial score (nSPS) is 11.0. The quantitative estimate of drug-likeness (QED) is 0.251. The zero-order chi connectivity index (χ0) is 23.2. The number of carbonyl (C=O) groups excluding carboxylic acids is 1. The van der Waals surface area contributed by atoms with Gasteiger partial charge in [-0.3, -0.25) is 14.9 Å². The monoisotopic (exact) mass is 443 g/mol. The van der Waals surface area contributed by atoms with Gasteiger partial charge in [-0.1, -0.05) is 32.0 Å². The Hall–Kier alpha value is -3.00. The number of rotatable bonds is 8. The Kier molecular flexibility index (Phi) is 8.10. The van der Waals surface area contributed by atoms with Gasteiger partial charge < -0.3 is 15.4 Å². The molecule has 0 unspecified atom stereocenters. The van der Waals surface area contributed by atoms with Crippen LogP contribution in [0.3, 0.4) is 0 Å². The minimum Gasteiger partial charge on any atom is -0.493 e. The van der Waals surface area contributed by atoms with Crippen LogP contribution in [0.4, 0.5) is 11.4 Å². The molecule has 0 saturated carbocycles. The maximum atomic E-state index is 12.7. The summed E-state index contributed by atoms with van der Waals surface area (Å²) in [6.45, 7) is 9.86. The second-order valence-electron chi connectivity index (χ2n) is 8.22. The van der Waals surface area contributed by atoms with Crippen LogP contribution in [0.1, 0.15) is 43.4 Å². The summed E-state index contributed by atoms with van der Waals surface area (Å²) in [4.78, 5) is 23.3. The number of aryl methyl sites for hydroxylation is 2. The first-order chi connectivity index (χ1) is 14.5. The summed E-state index contributed by atoms with van der Waals surface area (Å²) in [6, 6.07) is 10.7. The molecule has 0 fully saturated rings. The number of nitrogens with one attached hydrogen (secondary N) is 2. The number of benzene rings is 2. The molecule has 0 radical (unpaired) electrons. The molecule has 0 saturated heterocycles. The van der Waals surface area contributed by atoms with E-state index in [2.05, 4.69) is 10.6 Å². The Labute approximate surface area is 188 Å². The van der Waals surface area contributed by atoms with Crippen LogP contribution in [0.5, 0.6) is 5.75 Å². The summed E-state index contributed by atoms with van der Waals surface area (Å²) in [5.74, 6) is 0.639. The van der Waals surface area contributed by atoms with Gasteiger partial charge in [-0.25, -0.2) is 0 Å². The summed E-state index contributed by atoms with van der Waals surface area (Å²) in [5, 5.41) is 16.8. The van der Waals surface area contributed by atoms with E-state index in [9.17, 15) is 14.9 Å². The standard InChI is InChI=1S/C23H29N3O4S/c1-15-10-11-16(2)20(14-15)30-13-7-12-23(4,5)21(27)25-22(31)24-18-8-6-9-19(17(18)3)26(28)29/h6,8-11,14H,7,12-13H2,1-5H3,(H2,24,25,27,31). The Morgan fingerprint density at radius 3 is 2.58 bits per heavy atom. The van der Waals surface area contributed by atoms with Gasteiger partial charge in [0, 0.05) is 11.5 Å². The lowest BCUT2D eigenvalue weighted by Crippen LogP contribution is -2.42. The van der Waals surface area contributed by atoms with E-state index in [1.54, 1.807) is 19.1 Å². The lowest BCUT2D eigenvalue weighted by molar-refractivity contribution is -0.385. The van der Waals surface area contributed by atoms with E-state index in [-0.39, 0.29) is 16.7 Å². The number of nitrogens with zero attached hydrogens (tertiary/aromatic N) is 1. The van der Waals surface area contributed by atoms with Crippen LogP contribution in [-0.4, -0.2) is 22.5 Å². The van der Waals surface area contributed by atoms with Crippen LogP contribution in [0.2, 0.25) is 0 Å². The number of amides is 1. The van der Waals surface area contributed by atoms with Crippen molar-refractivity contribution in [1.82, 2.24) is 5.32 Å². The maximum absolute atomic E-state index is 12.7. The van der Waals surface area contributed by atoms with Crippen LogP contribution in [0.25, 0.3) is 0 Å². The third kappa shape index (κ3) is 6.75. The van der Waals surface area contributed by atoms with Crippen molar-refractivity contribution in [2.75, 3.05) is 11.9 Å². The molecule has 2 aromatic carbocycles. The highest BCUT2D eigenvalue weighted by Crippen LogP contribution is 2.26. The van der Waals surface area contributed by atoms with E-state index in [0.29, 0.717) is 30.7 Å². The van der Waals surface area contributed by atoms with Crippen LogP contribution in [-0.2, 0) is 4.79 Å². The number of ether oxygens (including phenoxy) is 1. The fourth-order valence-electron chi connectivity index (χ4n) is 3.06. The van der Waals surface area contributed by atoms with Crippen molar-refractivity contribution in [1.29, 1.82) is 0 Å². The van der Waals surface area contributed by atoms with Crippen molar-refractivity contribution in [2.45, 2.75) is 47.5 Å². The first-order valence-corrected chi connectivity index (χ1v) is 10.5. The van der Waals surface area contributed by atoms with Gasteiger partial charge >= 0.3 is 0 Å². The van der Waals surface area contributed by atoms with Gasteiger partial charge in [0.15, 0.2) is 5.11 Å². The number of nitro groups is 1. The third-order valence-corrected chi connectivity index (χ3v) is 5.34. The van der Waals surface area contributed by atoms with E-state index in [4.69, 9.17) is 17.0 Å². The first kappa shape index (κ1) is 24.3. The maximum Gasteiger partial charge on any atom is 0.274 e. The molecular formula is C23H29N3O4S. The molecule has 0 aliphatic rings. The second-order valence-corrected chi connectivity index (χ2v) is 8.63. The van der Waals surface area contributed by atoms with Crippen LogP contribution in [0, 0.1) is 36.3 Å². The molecule has 0 aromatic heterocycles. The van der Waals surface area contributed by atoms with Crippen LogP contribution < -0.4 is 15.4 Å². The predicted molar refractivity (Wildman–Crippen MR) is 127 cm³/mol. The molecule has 0 aliphatic carbocycles. The van der Waals surface area contributed by atoms with Crippen molar-refractivity contribution in [2.24, 2.45) is 5.41 Å². The Balaban J connectivity index is 1.87. The van der Waals surface area contributed by atoms with Crippen LogP contribution in [0.15, 0.2) is 36.4 Å². The van der Waals surface area contributed by atoms with Crippen molar-refractivity contribution in [3.63, 3.8) is 0 Å². The highest BCUT2D eigenvalue weighted by Gasteiger charge is 2.28. The second kappa shape index (κ2) is 10.3. The summed E-state index contributed by atoms with van der Waals surface area (Å²) in [6.07, 6.45) is 1.32. The summed E-state index contributed by atoms with van der Waals surface area (Å²) in [5.41, 5.74) is 2.49. The number of anilines is 1. The lowest BCUT2D eigenvalue weighted by atomic mass is 9.87. The molecule has 0 heterocycles. The molecule has 2 rings (SSSR count). The molecule has 8 heteroatoms. The SMILES string of the molecule is Cc1ccc(C)c(OCCCC(C)(C)C(=O)NC(=S)Nc2cccc([N+](=O)[O-])c2C)c1. The molecule has 166 valence electrons. The van der Waals surface area contributed by atoms with Gasteiger partial charge in [0.2, 0.25) is 5.91 Å². The van der Waals surface area contributed by atoms with Crippen molar-refractivity contribution < 1.29 is 14.5 Å². The number of thiocarbonyl (C=S) groups is 1. The number of hydrogen-bond donors (Lipinski definition) is 2. The third-order valence-electron chi connectivity index (χ3n) is 5.14. The van der Waals surface area contributed by atoms with Gasteiger partial charge in [-0.05, 0) is 69.1 Å². The minimum absolute atomic E-state index is 0.0108. The molecule has 0 atom stereocenters. The summed E-state index contributed by atoms with van der Waals surface area (Å²) in [7, 11) is 0. The molecule has 1 amide bonds. The highest BCUT2D eigenvalue weighted by molar-refractivity contribution is 7.80. The number of nitro benzene ring substituents is 1. The highest BCUT2D eigenvalue weighted by atomic mass is 32.1. The number of hydrogen-bond acceptors (Lipinski definition) is 5. The van der Waals surface area contributed by atoms with E-state index in [0.717, 1.165) is 16.9 Å². The Morgan fingerprint density at radius 2 is 1.90 bits per heavy atom. The van der Waals surface area contributed by atoms with E-state index < -0.39 is 10.3 Å². The zero-order valence-electron chi connectivity index (χ0n) is 18.6. The molecular weight excluding hydrogens is 414 g/mol. The topological polar surface area (TPSA) is 93.5 Å². The van der Waals surface area contributed by atoms with Crippen molar-refractivity contribution >= 4 is 34.6 Å². The fourth-order valence-corrected chi connectivity index (χ4v) is 3.26. The minimum atomic E-state index is -0.658. The molecule has 2 N–H and O–H groups in total. The van der Waals surface area contributed by atoms with E-state index in [1.807, 2.05) is 45.9 Å². The lowest BCUT2D eigenvalue weighted by Gasteiger charge is -2.24. The zero-order valence-corrected chi connectivity index (χ0v) is 19.4. The first-order valence-electron chi connectivity index (χ1n) is 10.1. The van der Waals surface area contributed by atoms with Crippen LogP contribution >= 0.6 is 12.2 Å². The van der Waals surface area contributed by atoms with Gasteiger partial charge in [-0.2, -0.15) is 0 Å². The van der Waals surface area contributed by atoms with Gasteiger partial charge in [0.1, 0.15) is 5.75 Å². The average Bonchev–Trinajstić information content (AvgIpc) is 2.69. The molecule has 0 spiro atoms. The van der Waals surface area contributed by atoms with Gasteiger partial charge in [-0.15, -0.1) is 0 Å². The predicted octanol–water partition coefficient (Wildman–Crippen LogP) is 5.22. The molecule has 31 heavy (non-hydrogen) atoms. The molecule has 0 aliphatic heterocycles. The van der Waals surface area contributed by atoms with E-state index in [1.165, 1.54) is 6.07 Å². The summed E-state index contributed by atoms with van der Waals surface area (Å²) < 4.78 is 5.87. The van der Waals surface area contributed by atoms with Gasteiger partial charge in [0.25, 0.3) is 5.69 Å². The largest absolute Gasteiger partial charge is 0.493 e. The smallest absolute Gasteiger partial charge is 0.274 e. The van der Waals surface area contributed by atoms with E-state index >= 15 is 0 Å². The van der Waals surface area contributed by atoms with Crippen molar-refractivity contribution in [3.8, 4) is 5.75 Å². The average molecular weight is 444 g/mol. The van der Waals surface area contributed by atoms with Gasteiger partial charge in [0.05, 0.1) is 22.8 Å². The summed E-state index contributed by atoms with van der Waals surface area (Å²) >= 11 is 5.24.